The van der Waals surface area contributed by atoms with Crippen LogP contribution in [0.4, 0.5) is 0 Å². The van der Waals surface area contributed by atoms with Crippen molar-refractivity contribution in [3.8, 4) is 0 Å². The summed E-state index contributed by atoms with van der Waals surface area (Å²) in [5, 5.41) is 11.2. The number of carbonyl (C=O) groups is 1. The highest BCUT2D eigenvalue weighted by Crippen LogP contribution is 2.41. The molecule has 1 saturated carbocycles. The first-order valence-electron chi connectivity index (χ1n) is 16.8. The Morgan fingerprint density at radius 1 is 1.00 bits per heavy atom. The number of unbranched alkanes of at least 4 members (excludes halogenated alkanes) is 1. The number of hydrogen-bond acceptors (Lipinski definition) is 8. The Morgan fingerprint density at radius 2 is 1.70 bits per heavy atom. The second-order valence-electron chi connectivity index (χ2n) is 14.2. The largest absolute Gasteiger partial charge is 0.458 e. The third-order valence-electron chi connectivity index (χ3n) is 8.67. The van der Waals surface area contributed by atoms with Crippen LogP contribution in [0.3, 0.4) is 0 Å². The van der Waals surface area contributed by atoms with Crippen molar-refractivity contribution in [3.63, 3.8) is 0 Å². The van der Waals surface area contributed by atoms with Gasteiger partial charge >= 0.3 is 5.97 Å². The average Bonchev–Trinajstić information content (AvgIpc) is 3.24. The van der Waals surface area contributed by atoms with Gasteiger partial charge in [0.1, 0.15) is 12.2 Å². The lowest BCUT2D eigenvalue weighted by Gasteiger charge is -2.36. The predicted octanol–water partition coefficient (Wildman–Crippen LogP) is 6.88. The molecule has 0 aromatic heterocycles. The maximum atomic E-state index is 11.9. The Morgan fingerprint density at radius 3 is 2.33 bits per heavy atom. The minimum Gasteiger partial charge on any atom is -0.458 e. The number of carbonyl (C=O) groups excluding carboxylic acids is 1. The van der Waals surface area contributed by atoms with Crippen LogP contribution in [-0.2, 0) is 33.2 Å². The van der Waals surface area contributed by atoms with Gasteiger partial charge < -0.3 is 33.5 Å². The Labute approximate surface area is 260 Å². The fourth-order valence-electron chi connectivity index (χ4n) is 6.22. The van der Waals surface area contributed by atoms with Gasteiger partial charge in [-0.25, -0.2) is 4.79 Å². The summed E-state index contributed by atoms with van der Waals surface area (Å²) < 4.78 is 35.8. The molecular weight excluding hydrogens is 548 g/mol. The maximum absolute atomic E-state index is 11.9. The molecule has 3 rings (SSSR count). The summed E-state index contributed by atoms with van der Waals surface area (Å²) in [6.45, 7) is 14.0. The number of allylic oxidation sites excluding steroid dienone is 1. The van der Waals surface area contributed by atoms with Gasteiger partial charge in [0.15, 0.2) is 12.6 Å². The van der Waals surface area contributed by atoms with E-state index >= 15 is 0 Å². The number of aliphatic hydroxyl groups excluding tert-OH is 1. The van der Waals surface area contributed by atoms with E-state index in [2.05, 4.69) is 32.9 Å². The topological polar surface area (TPSA) is 92.7 Å². The number of ether oxygens (including phenoxy) is 6. The van der Waals surface area contributed by atoms with Gasteiger partial charge in [0, 0.05) is 25.6 Å². The van der Waals surface area contributed by atoms with E-state index in [1.165, 1.54) is 0 Å². The summed E-state index contributed by atoms with van der Waals surface area (Å²) in [5.41, 5.74) is -0.592. The summed E-state index contributed by atoms with van der Waals surface area (Å²) in [7, 11) is 0. The SMILES string of the molecule is CCCCC(C)(C)C(/C=C/[C@H]1C(OC2CCCCO2)C[C@H](O)[C@@H]1C/C=C\COCC(=O)OC(C)(C)C)OC1CCCCO1. The molecule has 248 valence electrons. The summed E-state index contributed by atoms with van der Waals surface area (Å²) in [4.78, 5) is 11.9. The van der Waals surface area contributed by atoms with Crippen LogP contribution in [0.15, 0.2) is 24.3 Å². The molecule has 3 aliphatic rings. The standard InChI is InChI=1S/C35H60O8/c1-7-8-20-35(5,6)30(42-33-17-11-14-23-40-33)19-18-27-26(15-9-12-21-38-25-31(37)43-34(2,3)4)28(36)24-29(27)41-32-16-10-13-22-39-32/h9,12,18-19,26-30,32-33,36H,7-8,10-11,13-17,20-25H2,1-6H3/b12-9-,19-18+/t26-,27-,28+,29?,30?,32?,33?/m1/s1. The highest BCUT2D eigenvalue weighted by molar-refractivity contribution is 5.71. The van der Waals surface area contributed by atoms with Crippen LogP contribution in [0.5, 0.6) is 0 Å². The Hall–Kier alpha value is -1.29. The van der Waals surface area contributed by atoms with E-state index in [0.29, 0.717) is 19.4 Å². The molecule has 2 saturated heterocycles. The fourth-order valence-corrected chi connectivity index (χ4v) is 6.22. The molecule has 0 radical (unpaired) electrons. The molecule has 1 aliphatic carbocycles. The summed E-state index contributed by atoms with van der Waals surface area (Å²) in [5.74, 6) is -0.384. The van der Waals surface area contributed by atoms with E-state index < -0.39 is 11.7 Å². The van der Waals surface area contributed by atoms with Crippen molar-refractivity contribution < 1.29 is 38.3 Å². The smallest absolute Gasteiger partial charge is 0.332 e. The van der Waals surface area contributed by atoms with Gasteiger partial charge in [0.05, 0.1) is 24.9 Å². The van der Waals surface area contributed by atoms with Crippen molar-refractivity contribution in [2.45, 2.75) is 149 Å². The minimum absolute atomic E-state index is 0.00760. The zero-order valence-electron chi connectivity index (χ0n) is 27.8. The molecule has 0 aromatic carbocycles. The lowest BCUT2D eigenvalue weighted by Crippen LogP contribution is -2.37. The van der Waals surface area contributed by atoms with Crippen molar-refractivity contribution in [1.82, 2.24) is 0 Å². The molecule has 0 amide bonds. The molecule has 0 spiro atoms. The van der Waals surface area contributed by atoms with Crippen molar-refractivity contribution in [2.24, 2.45) is 17.3 Å². The first-order chi connectivity index (χ1) is 20.5. The van der Waals surface area contributed by atoms with Gasteiger partial charge in [-0.1, -0.05) is 57.9 Å². The van der Waals surface area contributed by atoms with Crippen LogP contribution in [-0.4, -0.2) is 74.0 Å². The van der Waals surface area contributed by atoms with Crippen LogP contribution < -0.4 is 0 Å². The molecule has 0 bridgehead atoms. The number of esters is 1. The monoisotopic (exact) mass is 608 g/mol. The summed E-state index contributed by atoms with van der Waals surface area (Å²) in [6.07, 6.45) is 18.0. The van der Waals surface area contributed by atoms with Gasteiger partial charge in [-0.15, -0.1) is 0 Å². The second-order valence-corrected chi connectivity index (χ2v) is 14.2. The quantitative estimate of drug-likeness (QED) is 0.115. The lowest BCUT2D eigenvalue weighted by molar-refractivity contribution is -0.198. The van der Waals surface area contributed by atoms with Gasteiger partial charge in [-0.05, 0) is 83.5 Å². The molecule has 43 heavy (non-hydrogen) atoms. The van der Waals surface area contributed by atoms with Crippen LogP contribution >= 0.6 is 0 Å². The Kier molecular flexibility index (Phi) is 15.2. The van der Waals surface area contributed by atoms with Crippen molar-refractivity contribution in [1.29, 1.82) is 0 Å². The molecule has 4 unspecified atom stereocenters. The molecule has 0 aromatic rings. The minimum atomic E-state index is -0.530. The molecular formula is C35H60O8. The van der Waals surface area contributed by atoms with Gasteiger partial charge in [-0.3, -0.25) is 0 Å². The van der Waals surface area contributed by atoms with Crippen LogP contribution in [0.1, 0.15) is 112 Å². The maximum Gasteiger partial charge on any atom is 0.332 e. The first-order valence-corrected chi connectivity index (χ1v) is 16.8. The number of aliphatic hydroxyl groups is 1. The normalized spacial score (nSPS) is 29.8. The zero-order valence-corrected chi connectivity index (χ0v) is 27.8. The van der Waals surface area contributed by atoms with Gasteiger partial charge in [-0.2, -0.15) is 0 Å². The molecule has 7 atom stereocenters. The Balaban J connectivity index is 1.70. The van der Waals surface area contributed by atoms with Crippen molar-refractivity contribution in [2.75, 3.05) is 26.4 Å². The predicted molar refractivity (Wildman–Crippen MR) is 167 cm³/mol. The van der Waals surface area contributed by atoms with Gasteiger partial charge in [0.25, 0.3) is 0 Å². The number of rotatable bonds is 16. The molecule has 2 heterocycles. The third-order valence-corrected chi connectivity index (χ3v) is 8.67. The van der Waals surface area contributed by atoms with Crippen LogP contribution in [0.25, 0.3) is 0 Å². The fraction of sp³-hybridized carbons (Fsp3) is 0.857. The van der Waals surface area contributed by atoms with E-state index in [1.54, 1.807) is 0 Å². The highest BCUT2D eigenvalue weighted by atomic mass is 16.7. The lowest BCUT2D eigenvalue weighted by atomic mass is 9.80. The van der Waals surface area contributed by atoms with E-state index in [1.807, 2.05) is 32.9 Å². The highest BCUT2D eigenvalue weighted by Gasteiger charge is 2.43. The molecule has 1 N–H and O–H groups in total. The summed E-state index contributed by atoms with van der Waals surface area (Å²) in [6, 6.07) is 0. The van der Waals surface area contributed by atoms with E-state index in [4.69, 9.17) is 28.4 Å². The van der Waals surface area contributed by atoms with Crippen LogP contribution in [0, 0.1) is 17.3 Å². The number of hydrogen-bond donors (Lipinski definition) is 1. The molecule has 8 nitrogen and oxygen atoms in total. The molecule has 2 aliphatic heterocycles. The van der Waals surface area contributed by atoms with Crippen molar-refractivity contribution in [3.05, 3.63) is 24.3 Å². The van der Waals surface area contributed by atoms with Crippen molar-refractivity contribution >= 4 is 5.97 Å². The Bertz CT molecular complexity index is 850. The average molecular weight is 609 g/mol. The molecule has 3 fully saturated rings. The van der Waals surface area contributed by atoms with Gasteiger partial charge in [0.2, 0.25) is 0 Å². The van der Waals surface area contributed by atoms with Crippen LogP contribution in [0.2, 0.25) is 0 Å². The zero-order chi connectivity index (χ0) is 31.3. The molecule has 8 heteroatoms. The second kappa shape index (κ2) is 18.0. The first kappa shape index (κ1) is 36.2. The van der Waals surface area contributed by atoms with E-state index in [0.717, 1.165) is 71.0 Å². The van der Waals surface area contributed by atoms with E-state index in [9.17, 15) is 9.90 Å². The summed E-state index contributed by atoms with van der Waals surface area (Å²) >= 11 is 0. The third kappa shape index (κ3) is 12.9. The van der Waals surface area contributed by atoms with E-state index in [-0.39, 0.29) is 54.6 Å².